The van der Waals surface area contributed by atoms with Crippen LogP contribution in [0.5, 0.6) is 0 Å². The van der Waals surface area contributed by atoms with Crippen LogP contribution in [0.1, 0.15) is 15.9 Å². The maximum Gasteiger partial charge on any atom is 0.255 e. The first-order chi connectivity index (χ1) is 18.0. The summed E-state index contributed by atoms with van der Waals surface area (Å²) in [6, 6.07) is 32.7. The molecule has 37 heavy (non-hydrogen) atoms. The van der Waals surface area contributed by atoms with E-state index in [9.17, 15) is 4.79 Å². The molecule has 1 amide bonds. The molecule has 4 aromatic carbocycles. The van der Waals surface area contributed by atoms with Gasteiger partial charge in [-0.1, -0.05) is 78.4 Å². The van der Waals surface area contributed by atoms with Gasteiger partial charge in [0.05, 0.1) is 5.56 Å². The summed E-state index contributed by atoms with van der Waals surface area (Å²) in [6.07, 6.45) is 0. The van der Waals surface area contributed by atoms with Crippen molar-refractivity contribution in [2.45, 2.75) is 6.92 Å². The number of nitrogens with one attached hydrogen (secondary N) is 2. The number of likely N-dealkylation sites (N-methyl/N-ethyl adjacent to an activating group) is 1. The fraction of sp³-hybridized carbons (Fsp3) is 0.156. The van der Waals surface area contributed by atoms with Crippen molar-refractivity contribution in [2.24, 2.45) is 0 Å². The number of benzene rings is 4. The van der Waals surface area contributed by atoms with Gasteiger partial charge in [-0.2, -0.15) is 0 Å². The number of para-hydroxylation sites is 1. The summed E-state index contributed by atoms with van der Waals surface area (Å²) < 4.78 is 6.37. The Kier molecular flexibility index (Phi) is 6.95. The predicted octanol–water partition coefficient (Wildman–Crippen LogP) is 6.98. The van der Waals surface area contributed by atoms with E-state index < -0.39 is 0 Å². The third kappa shape index (κ3) is 5.07. The van der Waals surface area contributed by atoms with Crippen LogP contribution >= 0.6 is 0 Å². The number of carbonyl (C=O) groups excluding carboxylic acids is 1. The lowest BCUT2D eigenvalue weighted by Gasteiger charge is -2.20. The standard InChI is InChI=1S/C32H31N3O2/c1-22-14-16-24(17-15-22)31-30(32(36)33-2)27-20-26(23-10-6-4-7-11-23)28(21-29(27)37-31)34-18-19-35(3)25-12-8-5-9-13-25/h4-17,20-21,34H,18-19H2,1-3H3,(H,33,36). The van der Waals surface area contributed by atoms with Crippen LogP contribution < -0.4 is 15.5 Å². The van der Waals surface area contributed by atoms with E-state index in [-0.39, 0.29) is 5.91 Å². The van der Waals surface area contributed by atoms with Crippen molar-refractivity contribution >= 4 is 28.3 Å². The average molecular weight is 490 g/mol. The zero-order chi connectivity index (χ0) is 25.8. The number of hydrogen-bond donors (Lipinski definition) is 2. The van der Waals surface area contributed by atoms with Gasteiger partial charge in [-0.05, 0) is 30.7 Å². The lowest BCUT2D eigenvalue weighted by molar-refractivity contribution is 0.0964. The van der Waals surface area contributed by atoms with Crippen LogP contribution in [0.25, 0.3) is 33.4 Å². The first kappa shape index (κ1) is 24.2. The SMILES string of the molecule is CNC(=O)c1c(-c2ccc(C)cc2)oc2cc(NCCN(C)c3ccccc3)c(-c3ccccc3)cc12. The lowest BCUT2D eigenvalue weighted by Crippen LogP contribution is -2.24. The largest absolute Gasteiger partial charge is 0.455 e. The van der Waals surface area contributed by atoms with Gasteiger partial charge in [0.25, 0.3) is 5.91 Å². The molecule has 0 aliphatic heterocycles. The smallest absolute Gasteiger partial charge is 0.255 e. The monoisotopic (exact) mass is 489 g/mol. The molecule has 0 bridgehead atoms. The molecule has 5 rings (SSSR count). The minimum absolute atomic E-state index is 0.168. The minimum atomic E-state index is -0.168. The highest BCUT2D eigenvalue weighted by Gasteiger charge is 2.23. The van der Waals surface area contributed by atoms with E-state index in [1.807, 2.05) is 73.7 Å². The number of hydrogen-bond acceptors (Lipinski definition) is 4. The van der Waals surface area contributed by atoms with Crippen LogP contribution in [0.3, 0.4) is 0 Å². The molecule has 0 aliphatic rings. The summed E-state index contributed by atoms with van der Waals surface area (Å²) in [5, 5.41) is 7.21. The molecule has 186 valence electrons. The molecule has 5 nitrogen and oxygen atoms in total. The van der Waals surface area contributed by atoms with Crippen LogP contribution in [-0.4, -0.2) is 33.1 Å². The predicted molar refractivity (Wildman–Crippen MR) is 153 cm³/mol. The zero-order valence-corrected chi connectivity index (χ0v) is 21.4. The van der Waals surface area contributed by atoms with Gasteiger partial charge in [0, 0.05) is 61.1 Å². The Morgan fingerprint density at radius 1 is 0.865 bits per heavy atom. The Morgan fingerprint density at radius 3 is 2.22 bits per heavy atom. The van der Waals surface area contributed by atoms with Gasteiger partial charge in [-0.25, -0.2) is 0 Å². The van der Waals surface area contributed by atoms with Gasteiger partial charge in [0.15, 0.2) is 0 Å². The van der Waals surface area contributed by atoms with Gasteiger partial charge in [-0.3, -0.25) is 4.79 Å². The molecule has 5 heteroatoms. The van der Waals surface area contributed by atoms with E-state index in [1.165, 1.54) is 5.69 Å². The van der Waals surface area contributed by atoms with Crippen molar-refractivity contribution in [1.82, 2.24) is 5.32 Å². The minimum Gasteiger partial charge on any atom is -0.455 e. The third-order valence-electron chi connectivity index (χ3n) is 6.64. The quantitative estimate of drug-likeness (QED) is 0.247. The molecule has 0 spiro atoms. The highest BCUT2D eigenvalue weighted by atomic mass is 16.3. The van der Waals surface area contributed by atoms with Crippen molar-refractivity contribution in [3.63, 3.8) is 0 Å². The molecule has 0 saturated carbocycles. The maximum atomic E-state index is 13.1. The highest BCUT2D eigenvalue weighted by Crippen LogP contribution is 2.39. The van der Waals surface area contributed by atoms with Gasteiger partial charge in [0.1, 0.15) is 11.3 Å². The van der Waals surface area contributed by atoms with Gasteiger partial charge in [0.2, 0.25) is 0 Å². The molecule has 0 atom stereocenters. The number of carbonyl (C=O) groups is 1. The topological polar surface area (TPSA) is 57.5 Å². The maximum absolute atomic E-state index is 13.1. The Bertz CT molecular complexity index is 1510. The lowest BCUT2D eigenvalue weighted by atomic mass is 9.98. The number of aryl methyl sites for hydroxylation is 1. The molecule has 1 heterocycles. The van der Waals surface area contributed by atoms with Crippen molar-refractivity contribution in [1.29, 1.82) is 0 Å². The van der Waals surface area contributed by atoms with E-state index in [0.29, 0.717) is 16.9 Å². The van der Waals surface area contributed by atoms with Gasteiger partial charge in [-0.15, -0.1) is 0 Å². The number of amides is 1. The van der Waals surface area contributed by atoms with Crippen LogP contribution in [-0.2, 0) is 0 Å². The molecule has 0 radical (unpaired) electrons. The second kappa shape index (κ2) is 10.6. The number of furan rings is 1. The molecular formula is C32H31N3O2. The van der Waals surface area contributed by atoms with Crippen molar-refractivity contribution in [3.8, 4) is 22.5 Å². The molecule has 2 N–H and O–H groups in total. The highest BCUT2D eigenvalue weighted by molar-refractivity contribution is 6.12. The third-order valence-corrected chi connectivity index (χ3v) is 6.64. The van der Waals surface area contributed by atoms with Crippen LogP contribution in [0.15, 0.2) is 101 Å². The van der Waals surface area contributed by atoms with Crippen molar-refractivity contribution in [3.05, 3.63) is 108 Å². The normalized spacial score (nSPS) is 10.9. The molecular weight excluding hydrogens is 458 g/mol. The Labute approximate surface area is 217 Å². The number of nitrogens with zero attached hydrogens (tertiary/aromatic N) is 1. The Hall–Kier alpha value is -4.51. The summed E-state index contributed by atoms with van der Waals surface area (Å²) >= 11 is 0. The Balaban J connectivity index is 1.57. The second-order valence-corrected chi connectivity index (χ2v) is 9.20. The second-order valence-electron chi connectivity index (χ2n) is 9.20. The van der Waals surface area contributed by atoms with E-state index in [2.05, 4.69) is 52.9 Å². The molecule has 5 aromatic rings. The van der Waals surface area contributed by atoms with Crippen molar-refractivity contribution in [2.75, 3.05) is 37.4 Å². The van der Waals surface area contributed by atoms with Crippen LogP contribution in [0.2, 0.25) is 0 Å². The first-order valence-corrected chi connectivity index (χ1v) is 12.5. The van der Waals surface area contributed by atoms with Crippen LogP contribution in [0, 0.1) is 6.92 Å². The summed E-state index contributed by atoms with van der Waals surface area (Å²) in [5.74, 6) is 0.410. The Morgan fingerprint density at radius 2 is 1.54 bits per heavy atom. The van der Waals surface area contributed by atoms with E-state index >= 15 is 0 Å². The van der Waals surface area contributed by atoms with E-state index in [4.69, 9.17) is 4.42 Å². The fourth-order valence-electron chi connectivity index (χ4n) is 4.57. The molecule has 0 saturated heterocycles. The van der Waals surface area contributed by atoms with E-state index in [1.54, 1.807) is 7.05 Å². The molecule has 0 unspecified atom stereocenters. The first-order valence-electron chi connectivity index (χ1n) is 12.5. The van der Waals surface area contributed by atoms with Gasteiger partial charge < -0.3 is 20.0 Å². The number of rotatable bonds is 8. The zero-order valence-electron chi connectivity index (χ0n) is 21.4. The fourth-order valence-corrected chi connectivity index (χ4v) is 4.57. The van der Waals surface area contributed by atoms with Gasteiger partial charge >= 0.3 is 0 Å². The number of fused-ring (bicyclic) bond motifs is 1. The summed E-state index contributed by atoms with van der Waals surface area (Å²) in [6.45, 7) is 3.61. The molecule has 0 aliphatic carbocycles. The average Bonchev–Trinajstić information content (AvgIpc) is 3.31. The van der Waals surface area contributed by atoms with Crippen molar-refractivity contribution < 1.29 is 9.21 Å². The summed E-state index contributed by atoms with van der Waals surface area (Å²) in [7, 11) is 3.74. The molecule has 1 aromatic heterocycles. The summed E-state index contributed by atoms with van der Waals surface area (Å²) in [4.78, 5) is 15.3. The summed E-state index contributed by atoms with van der Waals surface area (Å²) in [5.41, 5.74) is 7.49. The number of anilines is 2. The molecule has 0 fully saturated rings. The van der Waals surface area contributed by atoms with Crippen LogP contribution in [0.4, 0.5) is 11.4 Å². The van der Waals surface area contributed by atoms with E-state index in [0.717, 1.165) is 46.4 Å².